The number of nitrogens with zero attached hydrogens (tertiary/aromatic N) is 1. The fourth-order valence-electron chi connectivity index (χ4n) is 2.27. The van der Waals surface area contributed by atoms with E-state index in [1.54, 1.807) is 30.3 Å². The summed E-state index contributed by atoms with van der Waals surface area (Å²) in [6.45, 7) is 0. The molecule has 24 heavy (non-hydrogen) atoms. The van der Waals surface area contributed by atoms with Gasteiger partial charge in [0.05, 0.1) is 22.7 Å². The van der Waals surface area contributed by atoms with E-state index in [0.29, 0.717) is 20.7 Å². The predicted octanol–water partition coefficient (Wildman–Crippen LogP) is 4.89. The molecule has 0 unspecified atom stereocenters. The van der Waals surface area contributed by atoms with E-state index < -0.39 is 5.82 Å². The van der Waals surface area contributed by atoms with Crippen molar-refractivity contribution < 1.29 is 13.9 Å². The first-order valence-corrected chi connectivity index (χ1v) is 8.48. The molecule has 3 nitrogen and oxygen atoms in total. The van der Waals surface area contributed by atoms with Crippen LogP contribution in [0.4, 0.5) is 10.1 Å². The highest BCUT2D eigenvalue weighted by Crippen LogP contribution is 2.40. The molecule has 0 aromatic heterocycles. The number of thiocarbonyl (C=S) groups is 1. The molecule has 1 heterocycles. The quantitative estimate of drug-likeness (QED) is 0.560. The Morgan fingerprint density at radius 1 is 1.25 bits per heavy atom. The van der Waals surface area contributed by atoms with Gasteiger partial charge in [0.15, 0.2) is 4.32 Å². The number of hydrogen-bond donors (Lipinski definition) is 0. The van der Waals surface area contributed by atoms with Crippen LogP contribution in [0.5, 0.6) is 5.75 Å². The summed E-state index contributed by atoms with van der Waals surface area (Å²) in [5.41, 5.74) is 0.713. The second-order valence-corrected chi connectivity index (χ2v) is 6.91. The van der Waals surface area contributed by atoms with E-state index in [1.807, 2.05) is 0 Å². The topological polar surface area (TPSA) is 29.5 Å². The lowest BCUT2D eigenvalue weighted by Crippen LogP contribution is -2.27. The summed E-state index contributed by atoms with van der Waals surface area (Å²) in [5, 5.41) is 0.234. The van der Waals surface area contributed by atoms with Crippen molar-refractivity contribution in [3.63, 3.8) is 0 Å². The SMILES string of the molecule is COc1ccccc1N1C(=O)C(=Cc2c(F)cccc2Cl)SC1=S. The number of rotatable bonds is 3. The fraction of sp³-hybridized carbons (Fsp3) is 0.0588. The highest BCUT2D eigenvalue weighted by atomic mass is 35.5. The van der Waals surface area contributed by atoms with Crippen LogP contribution in [0, 0.1) is 5.82 Å². The lowest BCUT2D eigenvalue weighted by atomic mass is 10.2. The van der Waals surface area contributed by atoms with Gasteiger partial charge in [-0.05, 0) is 30.3 Å². The number of anilines is 1. The van der Waals surface area contributed by atoms with Crippen LogP contribution in [-0.4, -0.2) is 17.3 Å². The molecule has 2 aromatic carbocycles. The Labute approximate surface area is 153 Å². The van der Waals surface area contributed by atoms with Crippen LogP contribution in [0.1, 0.15) is 5.56 Å². The second-order valence-electron chi connectivity index (χ2n) is 4.82. The van der Waals surface area contributed by atoms with Crippen molar-refractivity contribution in [2.24, 2.45) is 0 Å². The van der Waals surface area contributed by atoms with Gasteiger partial charge < -0.3 is 4.74 Å². The van der Waals surface area contributed by atoms with Crippen molar-refractivity contribution in [2.75, 3.05) is 12.0 Å². The van der Waals surface area contributed by atoms with Gasteiger partial charge in [-0.3, -0.25) is 9.69 Å². The number of carbonyl (C=O) groups excluding carboxylic acids is 1. The molecule has 3 rings (SSSR count). The zero-order chi connectivity index (χ0) is 17.3. The maximum absolute atomic E-state index is 14.0. The standard InChI is InChI=1S/C17H11ClFNO2S2/c1-22-14-8-3-2-7-13(14)20-16(21)15(24-17(20)23)9-10-11(18)5-4-6-12(10)19/h2-9H,1H3. The summed E-state index contributed by atoms with van der Waals surface area (Å²) >= 11 is 12.4. The van der Waals surface area contributed by atoms with Crippen LogP contribution in [0.15, 0.2) is 47.4 Å². The maximum atomic E-state index is 14.0. The highest BCUT2D eigenvalue weighted by molar-refractivity contribution is 8.27. The smallest absolute Gasteiger partial charge is 0.270 e. The van der Waals surface area contributed by atoms with Crippen molar-refractivity contribution in [1.82, 2.24) is 0 Å². The Morgan fingerprint density at radius 2 is 2.00 bits per heavy atom. The number of thioether (sulfide) groups is 1. The lowest BCUT2D eigenvalue weighted by molar-refractivity contribution is -0.113. The molecule has 122 valence electrons. The summed E-state index contributed by atoms with van der Waals surface area (Å²) in [6.07, 6.45) is 1.42. The van der Waals surface area contributed by atoms with E-state index in [9.17, 15) is 9.18 Å². The average molecular weight is 380 g/mol. The van der Waals surface area contributed by atoms with Crippen molar-refractivity contribution in [3.8, 4) is 5.75 Å². The highest BCUT2D eigenvalue weighted by Gasteiger charge is 2.35. The molecule has 0 aliphatic carbocycles. The largest absolute Gasteiger partial charge is 0.495 e. The molecule has 0 N–H and O–H groups in total. The summed E-state index contributed by atoms with van der Waals surface area (Å²) in [5.74, 6) is -0.308. The summed E-state index contributed by atoms with van der Waals surface area (Å²) < 4.78 is 19.6. The van der Waals surface area contributed by atoms with Gasteiger partial charge in [-0.25, -0.2) is 4.39 Å². The number of halogens is 2. The monoisotopic (exact) mass is 379 g/mol. The number of carbonyl (C=O) groups is 1. The van der Waals surface area contributed by atoms with Gasteiger partial charge in [-0.1, -0.05) is 53.8 Å². The molecule has 1 fully saturated rings. The zero-order valence-electron chi connectivity index (χ0n) is 12.5. The molecule has 1 aliphatic rings. The van der Waals surface area contributed by atoms with E-state index in [4.69, 9.17) is 28.6 Å². The third-order valence-electron chi connectivity index (χ3n) is 3.39. The molecule has 1 saturated heterocycles. The van der Waals surface area contributed by atoms with Crippen molar-refractivity contribution in [2.45, 2.75) is 0 Å². The molecule has 0 bridgehead atoms. The molecular weight excluding hydrogens is 369 g/mol. The summed E-state index contributed by atoms with van der Waals surface area (Å²) in [4.78, 5) is 14.4. The summed E-state index contributed by atoms with van der Waals surface area (Å²) in [7, 11) is 1.52. The summed E-state index contributed by atoms with van der Waals surface area (Å²) in [6, 6.07) is 11.4. The Kier molecular flexibility index (Phi) is 4.89. The normalized spacial score (nSPS) is 16.1. The molecule has 2 aromatic rings. The van der Waals surface area contributed by atoms with Gasteiger partial charge in [0.1, 0.15) is 11.6 Å². The van der Waals surface area contributed by atoms with E-state index in [-0.39, 0.29) is 16.5 Å². The first-order chi connectivity index (χ1) is 11.5. The third-order valence-corrected chi connectivity index (χ3v) is 5.03. The van der Waals surface area contributed by atoms with E-state index in [2.05, 4.69) is 0 Å². The molecular formula is C17H11ClFNO2S2. The van der Waals surface area contributed by atoms with Gasteiger partial charge in [-0.15, -0.1) is 0 Å². The van der Waals surface area contributed by atoms with Crippen LogP contribution < -0.4 is 9.64 Å². The molecule has 7 heteroatoms. The average Bonchev–Trinajstić information content (AvgIpc) is 2.85. The first-order valence-electron chi connectivity index (χ1n) is 6.88. The predicted molar refractivity (Wildman–Crippen MR) is 100 cm³/mol. The van der Waals surface area contributed by atoms with Crippen molar-refractivity contribution in [1.29, 1.82) is 0 Å². The number of amides is 1. The minimum absolute atomic E-state index is 0.166. The third kappa shape index (κ3) is 3.05. The lowest BCUT2D eigenvalue weighted by Gasteiger charge is -2.17. The van der Waals surface area contributed by atoms with Crippen LogP contribution in [0.2, 0.25) is 5.02 Å². The second kappa shape index (κ2) is 6.93. The van der Waals surface area contributed by atoms with E-state index in [1.165, 1.54) is 30.2 Å². The maximum Gasteiger partial charge on any atom is 0.270 e. The van der Waals surface area contributed by atoms with E-state index in [0.717, 1.165) is 11.8 Å². The molecule has 0 spiro atoms. The van der Waals surface area contributed by atoms with Gasteiger partial charge in [-0.2, -0.15) is 0 Å². The number of methoxy groups -OCH3 is 1. The Hall–Kier alpha value is -1.89. The molecule has 0 saturated carbocycles. The number of para-hydroxylation sites is 2. The van der Waals surface area contributed by atoms with Crippen LogP contribution >= 0.6 is 35.6 Å². The Bertz CT molecular complexity index is 849. The molecule has 1 aliphatic heterocycles. The zero-order valence-corrected chi connectivity index (χ0v) is 14.8. The Balaban J connectivity index is 2.02. The van der Waals surface area contributed by atoms with E-state index >= 15 is 0 Å². The minimum Gasteiger partial charge on any atom is -0.495 e. The minimum atomic E-state index is -0.495. The molecule has 0 radical (unpaired) electrons. The van der Waals surface area contributed by atoms with Crippen LogP contribution in [0.25, 0.3) is 6.08 Å². The number of ether oxygens (including phenoxy) is 1. The fourth-order valence-corrected chi connectivity index (χ4v) is 3.75. The van der Waals surface area contributed by atoms with Crippen molar-refractivity contribution >= 4 is 57.6 Å². The van der Waals surface area contributed by atoms with Gasteiger partial charge in [0, 0.05) is 5.56 Å². The van der Waals surface area contributed by atoms with Crippen LogP contribution in [-0.2, 0) is 4.79 Å². The van der Waals surface area contributed by atoms with Gasteiger partial charge in [0.2, 0.25) is 0 Å². The molecule has 1 amide bonds. The molecule has 0 atom stereocenters. The van der Waals surface area contributed by atoms with Crippen molar-refractivity contribution in [3.05, 3.63) is 63.8 Å². The Morgan fingerprint density at radius 3 is 2.71 bits per heavy atom. The van der Waals surface area contributed by atoms with Gasteiger partial charge >= 0.3 is 0 Å². The first kappa shape index (κ1) is 17.0. The van der Waals surface area contributed by atoms with Gasteiger partial charge in [0.25, 0.3) is 5.91 Å². The van der Waals surface area contributed by atoms with Crippen LogP contribution in [0.3, 0.4) is 0 Å². The number of benzene rings is 2. The number of hydrogen-bond acceptors (Lipinski definition) is 4.